The van der Waals surface area contributed by atoms with Crippen LogP contribution in [0.3, 0.4) is 0 Å². The average Bonchev–Trinajstić information content (AvgIpc) is 2.67. The van der Waals surface area contributed by atoms with Crippen LogP contribution in [0.4, 0.5) is 0 Å². The SMILES string of the molecule is CC(C)(C)OC(=O)C1(O)C2CCC(C2)C1O. The number of aliphatic hydroxyl groups is 2. The van der Waals surface area contributed by atoms with Crippen molar-refractivity contribution in [1.82, 2.24) is 0 Å². The lowest BCUT2D eigenvalue weighted by Gasteiger charge is -2.36. The van der Waals surface area contributed by atoms with E-state index < -0.39 is 23.3 Å². The fourth-order valence-corrected chi connectivity index (χ4v) is 2.95. The molecular weight excluding hydrogens is 208 g/mol. The fourth-order valence-electron chi connectivity index (χ4n) is 2.95. The highest BCUT2D eigenvalue weighted by Crippen LogP contribution is 2.51. The standard InChI is InChI=1S/C12H20O4/c1-11(2,3)16-10(14)12(15)8-5-4-7(6-8)9(12)13/h7-9,13,15H,4-6H2,1-3H3. The third-order valence-electron chi connectivity index (χ3n) is 3.72. The molecule has 4 nitrogen and oxygen atoms in total. The molecule has 0 aliphatic heterocycles. The van der Waals surface area contributed by atoms with Crippen molar-refractivity contribution in [2.45, 2.75) is 57.3 Å². The van der Waals surface area contributed by atoms with Gasteiger partial charge in [0, 0.05) is 5.92 Å². The fraction of sp³-hybridized carbons (Fsp3) is 0.917. The van der Waals surface area contributed by atoms with E-state index in [9.17, 15) is 15.0 Å². The molecule has 92 valence electrons. The lowest BCUT2D eigenvalue weighted by atomic mass is 9.82. The summed E-state index contributed by atoms with van der Waals surface area (Å²) in [5.41, 5.74) is -2.30. The van der Waals surface area contributed by atoms with E-state index in [2.05, 4.69) is 0 Å². The van der Waals surface area contributed by atoms with Gasteiger partial charge in [-0.25, -0.2) is 4.79 Å². The zero-order valence-corrected chi connectivity index (χ0v) is 10.1. The van der Waals surface area contributed by atoms with Crippen molar-refractivity contribution in [3.8, 4) is 0 Å². The summed E-state index contributed by atoms with van der Waals surface area (Å²) in [6, 6.07) is 0. The second kappa shape index (κ2) is 3.44. The predicted octanol–water partition coefficient (Wildman–Crippen LogP) is 0.850. The molecule has 0 aromatic heterocycles. The van der Waals surface area contributed by atoms with E-state index in [1.807, 2.05) is 0 Å². The van der Waals surface area contributed by atoms with Crippen molar-refractivity contribution in [2.24, 2.45) is 11.8 Å². The molecule has 2 aliphatic carbocycles. The first-order valence-corrected chi connectivity index (χ1v) is 5.89. The highest BCUT2D eigenvalue weighted by Gasteiger charge is 2.62. The number of fused-ring (bicyclic) bond motifs is 2. The highest BCUT2D eigenvalue weighted by molar-refractivity contribution is 5.82. The van der Waals surface area contributed by atoms with Crippen LogP contribution in [0.5, 0.6) is 0 Å². The smallest absolute Gasteiger partial charge is 0.341 e. The molecular formula is C12H20O4. The molecule has 2 aliphatic rings. The van der Waals surface area contributed by atoms with Gasteiger partial charge in [-0.3, -0.25) is 0 Å². The quantitative estimate of drug-likeness (QED) is 0.653. The summed E-state index contributed by atoms with van der Waals surface area (Å²) in [5.74, 6) is -0.746. The van der Waals surface area contributed by atoms with Gasteiger partial charge in [0.2, 0.25) is 0 Å². The Balaban J connectivity index is 2.16. The Morgan fingerprint density at radius 2 is 2.00 bits per heavy atom. The Hall–Kier alpha value is -0.610. The molecule has 2 N–H and O–H groups in total. The van der Waals surface area contributed by atoms with Crippen LogP contribution >= 0.6 is 0 Å². The van der Waals surface area contributed by atoms with Crippen LogP contribution in [0.1, 0.15) is 40.0 Å². The number of carbonyl (C=O) groups excluding carboxylic acids is 1. The highest BCUT2D eigenvalue weighted by atomic mass is 16.6. The molecule has 4 atom stereocenters. The van der Waals surface area contributed by atoms with Gasteiger partial charge in [-0.1, -0.05) is 0 Å². The van der Waals surface area contributed by atoms with Gasteiger partial charge in [0.1, 0.15) is 5.60 Å². The molecule has 0 saturated heterocycles. The van der Waals surface area contributed by atoms with Crippen molar-refractivity contribution < 1.29 is 19.7 Å². The zero-order chi connectivity index (χ0) is 12.1. The second-order valence-corrected chi connectivity index (χ2v) is 6.04. The zero-order valence-electron chi connectivity index (χ0n) is 10.1. The summed E-state index contributed by atoms with van der Waals surface area (Å²) < 4.78 is 5.20. The Kier molecular flexibility index (Phi) is 2.55. The molecule has 2 bridgehead atoms. The monoisotopic (exact) mass is 228 g/mol. The number of hydrogen-bond acceptors (Lipinski definition) is 4. The van der Waals surface area contributed by atoms with E-state index in [-0.39, 0.29) is 11.8 Å². The minimum absolute atomic E-state index is 0.0579. The number of esters is 1. The van der Waals surface area contributed by atoms with E-state index in [1.54, 1.807) is 20.8 Å². The summed E-state index contributed by atoms with van der Waals surface area (Å²) >= 11 is 0. The third-order valence-corrected chi connectivity index (χ3v) is 3.72. The summed E-state index contributed by atoms with van der Waals surface area (Å²) in [6.07, 6.45) is 1.48. The first-order chi connectivity index (χ1) is 7.25. The van der Waals surface area contributed by atoms with E-state index in [0.29, 0.717) is 0 Å². The van der Waals surface area contributed by atoms with Gasteiger partial charge in [0.15, 0.2) is 5.60 Å². The number of hydrogen-bond donors (Lipinski definition) is 2. The van der Waals surface area contributed by atoms with Crippen molar-refractivity contribution >= 4 is 5.97 Å². The Bertz CT molecular complexity index is 303. The lowest BCUT2D eigenvalue weighted by molar-refractivity contribution is -0.196. The molecule has 0 aromatic rings. The molecule has 0 spiro atoms. The number of ether oxygens (including phenoxy) is 1. The summed E-state index contributed by atoms with van der Waals surface area (Å²) in [5, 5.41) is 20.3. The number of rotatable bonds is 1. The van der Waals surface area contributed by atoms with Gasteiger partial charge in [-0.15, -0.1) is 0 Å². The van der Waals surface area contributed by atoms with Gasteiger partial charge in [-0.05, 0) is 46.0 Å². The van der Waals surface area contributed by atoms with E-state index in [0.717, 1.165) is 19.3 Å². The average molecular weight is 228 g/mol. The third kappa shape index (κ3) is 1.64. The maximum absolute atomic E-state index is 12.0. The van der Waals surface area contributed by atoms with Crippen LogP contribution < -0.4 is 0 Å². The molecule has 4 unspecified atom stereocenters. The number of aliphatic hydroxyl groups excluding tert-OH is 1. The van der Waals surface area contributed by atoms with Gasteiger partial charge in [-0.2, -0.15) is 0 Å². The van der Waals surface area contributed by atoms with Gasteiger partial charge in [0.05, 0.1) is 6.10 Å². The molecule has 0 radical (unpaired) electrons. The Morgan fingerprint density at radius 1 is 1.38 bits per heavy atom. The minimum Gasteiger partial charge on any atom is -0.458 e. The van der Waals surface area contributed by atoms with Crippen molar-refractivity contribution in [1.29, 1.82) is 0 Å². The molecule has 2 fully saturated rings. The molecule has 0 amide bonds. The van der Waals surface area contributed by atoms with E-state index in [4.69, 9.17) is 4.74 Å². The van der Waals surface area contributed by atoms with Crippen LogP contribution in [0.15, 0.2) is 0 Å². The van der Waals surface area contributed by atoms with Crippen LogP contribution in [-0.4, -0.2) is 33.5 Å². The Labute approximate surface area is 95.6 Å². The van der Waals surface area contributed by atoms with Crippen LogP contribution in [-0.2, 0) is 9.53 Å². The molecule has 2 saturated carbocycles. The van der Waals surface area contributed by atoms with Crippen molar-refractivity contribution in [2.75, 3.05) is 0 Å². The van der Waals surface area contributed by atoms with Gasteiger partial charge < -0.3 is 14.9 Å². The predicted molar refractivity (Wildman–Crippen MR) is 57.6 cm³/mol. The topological polar surface area (TPSA) is 66.8 Å². The maximum atomic E-state index is 12.0. The van der Waals surface area contributed by atoms with E-state index in [1.165, 1.54) is 0 Å². The second-order valence-electron chi connectivity index (χ2n) is 6.04. The van der Waals surface area contributed by atoms with E-state index >= 15 is 0 Å². The number of carbonyl (C=O) groups is 1. The first kappa shape index (κ1) is 11.9. The van der Waals surface area contributed by atoms with Gasteiger partial charge >= 0.3 is 5.97 Å². The molecule has 0 aromatic carbocycles. The van der Waals surface area contributed by atoms with Crippen LogP contribution in [0.2, 0.25) is 0 Å². The van der Waals surface area contributed by atoms with Gasteiger partial charge in [0.25, 0.3) is 0 Å². The lowest BCUT2D eigenvalue weighted by Crippen LogP contribution is -2.55. The Morgan fingerprint density at radius 3 is 2.44 bits per heavy atom. The minimum atomic E-state index is -1.67. The van der Waals surface area contributed by atoms with Crippen LogP contribution in [0, 0.1) is 11.8 Å². The molecule has 4 heteroatoms. The molecule has 2 rings (SSSR count). The molecule has 0 heterocycles. The van der Waals surface area contributed by atoms with Crippen LogP contribution in [0.25, 0.3) is 0 Å². The maximum Gasteiger partial charge on any atom is 0.341 e. The largest absolute Gasteiger partial charge is 0.458 e. The van der Waals surface area contributed by atoms with Crippen molar-refractivity contribution in [3.63, 3.8) is 0 Å². The summed E-state index contributed by atoms with van der Waals surface area (Å²) in [4.78, 5) is 12.0. The normalized spacial score (nSPS) is 42.4. The first-order valence-electron chi connectivity index (χ1n) is 5.89. The summed E-state index contributed by atoms with van der Waals surface area (Å²) in [6.45, 7) is 5.27. The summed E-state index contributed by atoms with van der Waals surface area (Å²) in [7, 11) is 0. The van der Waals surface area contributed by atoms with Crippen molar-refractivity contribution in [3.05, 3.63) is 0 Å². The molecule has 16 heavy (non-hydrogen) atoms.